The van der Waals surface area contributed by atoms with Gasteiger partial charge in [0.15, 0.2) is 6.54 Å². The number of rotatable bonds is 5. The van der Waals surface area contributed by atoms with Crippen molar-refractivity contribution in [2.45, 2.75) is 19.9 Å². The van der Waals surface area contributed by atoms with Crippen molar-refractivity contribution in [2.75, 3.05) is 12.9 Å². The van der Waals surface area contributed by atoms with Gasteiger partial charge in [-0.05, 0) is 6.07 Å². The normalized spacial score (nSPS) is 11.9. The molecule has 1 heterocycles. The largest absolute Gasteiger partial charge is 0.497 e. The van der Waals surface area contributed by atoms with Crippen LogP contribution in [0.15, 0.2) is 18.2 Å². The van der Waals surface area contributed by atoms with Crippen LogP contribution in [0.5, 0.6) is 5.75 Å². The molecular formula is C12H16NO4S2+. The smallest absolute Gasteiger partial charge is 0.265 e. The number of hydrogen-bond donors (Lipinski definition) is 1. The monoisotopic (exact) mass is 302 g/mol. The van der Waals surface area contributed by atoms with Gasteiger partial charge in [0, 0.05) is 25.5 Å². The highest BCUT2D eigenvalue weighted by Gasteiger charge is 2.18. The maximum absolute atomic E-state index is 10.7. The lowest BCUT2D eigenvalue weighted by Gasteiger charge is -1.98. The van der Waals surface area contributed by atoms with Crippen molar-refractivity contribution in [1.82, 2.24) is 0 Å². The molecule has 2 rings (SSSR count). The fraction of sp³-hybridized carbons (Fsp3) is 0.417. The van der Waals surface area contributed by atoms with Crippen LogP contribution in [0.3, 0.4) is 0 Å². The number of aromatic nitrogens is 1. The molecule has 0 bridgehead atoms. The molecule has 1 N–H and O–H groups in total. The van der Waals surface area contributed by atoms with Gasteiger partial charge >= 0.3 is 0 Å². The van der Waals surface area contributed by atoms with Crippen molar-refractivity contribution in [3.05, 3.63) is 23.2 Å². The van der Waals surface area contributed by atoms with Crippen LogP contribution in [0.2, 0.25) is 0 Å². The SMILES string of the molecule is COc1ccc2c(c1)sc(C)[n+]2CCCS(=O)(=O)O. The van der Waals surface area contributed by atoms with E-state index in [1.165, 1.54) is 0 Å². The van der Waals surface area contributed by atoms with Crippen LogP contribution in [0.1, 0.15) is 11.4 Å². The summed E-state index contributed by atoms with van der Waals surface area (Å²) >= 11 is 1.64. The summed E-state index contributed by atoms with van der Waals surface area (Å²) in [7, 11) is -2.26. The summed E-state index contributed by atoms with van der Waals surface area (Å²) in [6, 6.07) is 5.81. The first-order chi connectivity index (χ1) is 8.90. The fourth-order valence-electron chi connectivity index (χ4n) is 1.99. The molecule has 0 aliphatic rings. The van der Waals surface area contributed by atoms with Gasteiger partial charge in [-0.1, -0.05) is 11.3 Å². The van der Waals surface area contributed by atoms with Gasteiger partial charge in [-0.15, -0.1) is 0 Å². The van der Waals surface area contributed by atoms with Crippen molar-refractivity contribution < 1.29 is 22.3 Å². The fourth-order valence-corrected chi connectivity index (χ4v) is 3.56. The summed E-state index contributed by atoms with van der Waals surface area (Å²) < 4.78 is 38.5. The number of hydrogen-bond acceptors (Lipinski definition) is 4. The van der Waals surface area contributed by atoms with E-state index in [1.54, 1.807) is 18.4 Å². The second kappa shape index (κ2) is 5.44. The van der Waals surface area contributed by atoms with Crippen LogP contribution in [0.25, 0.3) is 10.2 Å². The Labute approximate surface area is 116 Å². The van der Waals surface area contributed by atoms with E-state index >= 15 is 0 Å². The standard InChI is InChI=1S/C12H15NO4S2/c1-9-13(6-3-7-19(14,15)16)11-5-4-10(17-2)8-12(11)18-9/h4-5,8H,3,6-7H2,1-2H3/p+1. The lowest BCUT2D eigenvalue weighted by molar-refractivity contribution is -0.672. The van der Waals surface area contributed by atoms with Crippen LogP contribution in [0.4, 0.5) is 0 Å². The summed E-state index contributed by atoms with van der Waals surface area (Å²) in [6.45, 7) is 2.56. The number of ether oxygens (including phenoxy) is 1. The number of aryl methyl sites for hydroxylation is 2. The zero-order valence-electron chi connectivity index (χ0n) is 10.8. The quantitative estimate of drug-likeness (QED) is 0.675. The van der Waals surface area contributed by atoms with E-state index in [0.717, 1.165) is 21.0 Å². The Morgan fingerprint density at radius 3 is 2.79 bits per heavy atom. The van der Waals surface area contributed by atoms with E-state index in [9.17, 15) is 8.42 Å². The number of methoxy groups -OCH3 is 1. The Kier molecular flexibility index (Phi) is 4.07. The third-order valence-electron chi connectivity index (χ3n) is 2.88. The molecule has 5 nitrogen and oxygen atoms in total. The molecule has 2 aromatic rings. The molecule has 0 aliphatic carbocycles. The van der Waals surface area contributed by atoms with Crippen LogP contribution < -0.4 is 9.30 Å². The van der Waals surface area contributed by atoms with Crippen molar-refractivity contribution >= 4 is 31.7 Å². The molecule has 0 saturated heterocycles. The second-order valence-corrected chi connectivity index (χ2v) is 7.05. The average molecular weight is 302 g/mol. The Morgan fingerprint density at radius 2 is 2.16 bits per heavy atom. The number of nitrogens with zero attached hydrogens (tertiary/aromatic N) is 1. The first kappa shape index (κ1) is 14.2. The van der Waals surface area contributed by atoms with Gasteiger partial charge in [-0.2, -0.15) is 13.0 Å². The lowest BCUT2D eigenvalue weighted by Crippen LogP contribution is -2.35. The molecule has 19 heavy (non-hydrogen) atoms. The number of thiazole rings is 1. The Morgan fingerprint density at radius 1 is 1.42 bits per heavy atom. The number of benzene rings is 1. The third kappa shape index (κ3) is 3.43. The Hall–Kier alpha value is -1.18. The molecule has 0 spiro atoms. The molecule has 0 fully saturated rings. The minimum absolute atomic E-state index is 0.215. The summed E-state index contributed by atoms with van der Waals surface area (Å²) in [6.07, 6.45) is 0.391. The minimum Gasteiger partial charge on any atom is -0.497 e. The van der Waals surface area contributed by atoms with E-state index in [0.29, 0.717) is 13.0 Å². The first-order valence-corrected chi connectivity index (χ1v) is 8.25. The van der Waals surface area contributed by atoms with Gasteiger partial charge in [0.2, 0.25) is 10.5 Å². The van der Waals surface area contributed by atoms with Gasteiger partial charge in [0.05, 0.1) is 12.9 Å². The first-order valence-electron chi connectivity index (χ1n) is 5.83. The molecule has 1 aromatic carbocycles. The maximum atomic E-state index is 10.7. The van der Waals surface area contributed by atoms with Crippen LogP contribution >= 0.6 is 11.3 Å². The molecule has 0 amide bonds. The van der Waals surface area contributed by atoms with E-state index in [-0.39, 0.29) is 5.75 Å². The molecule has 1 aromatic heterocycles. The average Bonchev–Trinajstić information content (AvgIpc) is 2.63. The highest BCUT2D eigenvalue weighted by Crippen LogP contribution is 2.24. The van der Waals surface area contributed by atoms with Crippen molar-refractivity contribution in [3.8, 4) is 5.75 Å². The van der Waals surface area contributed by atoms with Crippen molar-refractivity contribution in [1.29, 1.82) is 0 Å². The number of fused-ring (bicyclic) bond motifs is 1. The van der Waals surface area contributed by atoms with Crippen LogP contribution in [-0.4, -0.2) is 25.8 Å². The highest BCUT2D eigenvalue weighted by atomic mass is 32.2. The minimum atomic E-state index is -3.88. The van der Waals surface area contributed by atoms with Crippen molar-refractivity contribution in [3.63, 3.8) is 0 Å². The van der Waals surface area contributed by atoms with Gasteiger partial charge in [-0.3, -0.25) is 4.55 Å². The molecule has 0 unspecified atom stereocenters. The van der Waals surface area contributed by atoms with E-state index < -0.39 is 10.1 Å². The summed E-state index contributed by atoms with van der Waals surface area (Å²) in [4.78, 5) is 0. The van der Waals surface area contributed by atoms with Crippen molar-refractivity contribution in [2.24, 2.45) is 0 Å². The zero-order chi connectivity index (χ0) is 14.0. The predicted molar refractivity (Wildman–Crippen MR) is 74.3 cm³/mol. The van der Waals surface area contributed by atoms with Gasteiger partial charge in [0.25, 0.3) is 10.1 Å². The Bertz CT molecular complexity index is 691. The molecule has 104 valence electrons. The molecular weight excluding hydrogens is 286 g/mol. The summed E-state index contributed by atoms with van der Waals surface area (Å²) in [5, 5.41) is 1.10. The molecule has 0 saturated carbocycles. The predicted octanol–water partition coefficient (Wildman–Crippen LogP) is 1.78. The topological polar surface area (TPSA) is 67.5 Å². The van der Waals surface area contributed by atoms with E-state index in [4.69, 9.17) is 9.29 Å². The van der Waals surface area contributed by atoms with E-state index in [1.807, 2.05) is 25.1 Å². The van der Waals surface area contributed by atoms with E-state index in [2.05, 4.69) is 4.57 Å². The van der Waals surface area contributed by atoms with Crippen LogP contribution in [-0.2, 0) is 16.7 Å². The summed E-state index contributed by atoms with van der Waals surface area (Å²) in [5.41, 5.74) is 1.05. The molecule has 0 atom stereocenters. The molecule has 0 aliphatic heterocycles. The molecule has 0 radical (unpaired) electrons. The zero-order valence-corrected chi connectivity index (χ0v) is 12.4. The van der Waals surface area contributed by atoms with Gasteiger partial charge in [-0.25, -0.2) is 0 Å². The van der Waals surface area contributed by atoms with Gasteiger partial charge in [0.1, 0.15) is 10.4 Å². The van der Waals surface area contributed by atoms with Crippen LogP contribution in [0, 0.1) is 6.92 Å². The maximum Gasteiger partial charge on any atom is 0.265 e. The Balaban J connectivity index is 2.25. The third-order valence-corrected chi connectivity index (χ3v) is 4.75. The highest BCUT2D eigenvalue weighted by molar-refractivity contribution is 7.85. The summed E-state index contributed by atoms with van der Waals surface area (Å²) in [5.74, 6) is 0.589. The molecule has 7 heteroatoms. The van der Waals surface area contributed by atoms with Gasteiger partial charge < -0.3 is 4.74 Å². The lowest BCUT2D eigenvalue weighted by atomic mass is 10.3. The second-order valence-electron chi connectivity index (χ2n) is 4.25.